The molecule has 0 bridgehead atoms. The molecule has 9 heteroatoms. The number of rotatable bonds is 8. The van der Waals surface area contributed by atoms with Gasteiger partial charge in [0.1, 0.15) is 6.33 Å². The Morgan fingerprint density at radius 2 is 2.22 bits per heavy atom. The number of nitrogens with zero attached hydrogens (tertiary/aromatic N) is 3. The normalized spacial score (nSPS) is 10.1. The van der Waals surface area contributed by atoms with Crippen molar-refractivity contribution < 1.29 is 9.66 Å². The van der Waals surface area contributed by atoms with Crippen molar-refractivity contribution in [3.8, 4) is 0 Å². The second-order valence-corrected chi connectivity index (χ2v) is 3.30. The zero-order chi connectivity index (χ0) is 13.4. The van der Waals surface area contributed by atoms with Crippen LogP contribution in [0.15, 0.2) is 6.33 Å². The maximum absolute atomic E-state index is 10.9. The number of hydrogen-bond donors (Lipinski definition) is 3. The van der Waals surface area contributed by atoms with E-state index >= 15 is 0 Å². The summed E-state index contributed by atoms with van der Waals surface area (Å²) in [6.07, 6.45) is 1.92. The van der Waals surface area contributed by atoms with E-state index in [0.29, 0.717) is 19.8 Å². The van der Waals surface area contributed by atoms with E-state index in [4.69, 9.17) is 10.6 Å². The number of anilines is 2. The molecule has 0 radical (unpaired) electrons. The van der Waals surface area contributed by atoms with Gasteiger partial charge in [0.2, 0.25) is 11.6 Å². The Morgan fingerprint density at radius 1 is 1.50 bits per heavy atom. The van der Waals surface area contributed by atoms with E-state index in [1.807, 2.05) is 6.92 Å². The molecule has 0 atom stereocenters. The summed E-state index contributed by atoms with van der Waals surface area (Å²) in [6.45, 7) is 3.66. The Hall–Kier alpha value is -2.00. The number of ether oxygens (including phenoxy) is 1. The van der Waals surface area contributed by atoms with Crippen LogP contribution in [-0.4, -0.2) is 34.6 Å². The first-order chi connectivity index (χ1) is 8.70. The minimum absolute atomic E-state index is 0.0256. The summed E-state index contributed by atoms with van der Waals surface area (Å²) in [5, 5.41) is 13.8. The first-order valence-corrected chi connectivity index (χ1v) is 5.48. The molecule has 0 aliphatic heterocycles. The lowest BCUT2D eigenvalue weighted by Gasteiger charge is -2.07. The zero-order valence-electron chi connectivity index (χ0n) is 10.0. The largest absolute Gasteiger partial charge is 0.382 e. The highest BCUT2D eigenvalue weighted by Gasteiger charge is 2.21. The molecule has 1 aromatic rings. The fourth-order valence-electron chi connectivity index (χ4n) is 1.31. The van der Waals surface area contributed by atoms with Crippen molar-refractivity contribution in [1.29, 1.82) is 0 Å². The summed E-state index contributed by atoms with van der Waals surface area (Å²) < 4.78 is 5.16. The van der Waals surface area contributed by atoms with Crippen LogP contribution >= 0.6 is 0 Å². The fraction of sp³-hybridized carbons (Fsp3) is 0.556. The van der Waals surface area contributed by atoms with Gasteiger partial charge in [0.15, 0.2) is 0 Å². The topological polar surface area (TPSA) is 128 Å². The van der Waals surface area contributed by atoms with Gasteiger partial charge in [-0.25, -0.2) is 15.8 Å². The first kappa shape index (κ1) is 14.1. The molecule has 0 unspecified atom stereocenters. The molecule has 1 rings (SSSR count). The van der Waals surface area contributed by atoms with E-state index in [1.54, 1.807) is 0 Å². The zero-order valence-corrected chi connectivity index (χ0v) is 10.0. The third-order valence-electron chi connectivity index (χ3n) is 2.10. The van der Waals surface area contributed by atoms with Crippen LogP contribution in [0.4, 0.5) is 17.3 Å². The molecule has 9 nitrogen and oxygen atoms in total. The Bertz CT molecular complexity index is 400. The highest BCUT2D eigenvalue weighted by atomic mass is 16.6. The fourth-order valence-corrected chi connectivity index (χ4v) is 1.31. The molecule has 0 aliphatic rings. The third kappa shape index (κ3) is 3.79. The number of nitrogen functional groups attached to an aromatic ring is 1. The molecular weight excluding hydrogens is 240 g/mol. The molecule has 0 aromatic carbocycles. The van der Waals surface area contributed by atoms with Crippen molar-refractivity contribution in [2.24, 2.45) is 5.84 Å². The lowest BCUT2D eigenvalue weighted by molar-refractivity contribution is -0.383. The molecule has 0 saturated heterocycles. The number of hydrogen-bond acceptors (Lipinski definition) is 8. The highest BCUT2D eigenvalue weighted by Crippen LogP contribution is 2.27. The molecule has 0 fully saturated rings. The molecule has 0 aliphatic carbocycles. The first-order valence-electron chi connectivity index (χ1n) is 5.48. The second kappa shape index (κ2) is 7.35. The standard InChI is InChI=1S/C9H16N6O3/c1-2-18-5-3-4-11-8-7(15(16)17)9(14-10)13-6-12-8/h6H,2-5,10H2,1H3,(H2,11,12,13,14). The van der Waals surface area contributed by atoms with Crippen molar-refractivity contribution in [2.45, 2.75) is 13.3 Å². The van der Waals surface area contributed by atoms with Crippen LogP contribution in [0, 0.1) is 10.1 Å². The van der Waals surface area contributed by atoms with Crippen LogP contribution in [0.2, 0.25) is 0 Å². The van der Waals surface area contributed by atoms with Gasteiger partial charge >= 0.3 is 5.69 Å². The van der Waals surface area contributed by atoms with E-state index in [1.165, 1.54) is 6.33 Å². The molecule has 1 aromatic heterocycles. The van der Waals surface area contributed by atoms with Crippen LogP contribution in [0.5, 0.6) is 0 Å². The van der Waals surface area contributed by atoms with Crippen LogP contribution < -0.4 is 16.6 Å². The molecule has 0 saturated carbocycles. The number of nitro groups is 1. The van der Waals surface area contributed by atoms with Crippen molar-refractivity contribution in [3.63, 3.8) is 0 Å². The quantitative estimate of drug-likeness (QED) is 0.265. The summed E-state index contributed by atoms with van der Waals surface area (Å²) >= 11 is 0. The van der Waals surface area contributed by atoms with E-state index < -0.39 is 4.92 Å². The van der Waals surface area contributed by atoms with Crippen molar-refractivity contribution >= 4 is 17.3 Å². The summed E-state index contributed by atoms with van der Waals surface area (Å²) in [6, 6.07) is 0. The predicted octanol–water partition coefficient (Wildman–Crippen LogP) is 0.509. The third-order valence-corrected chi connectivity index (χ3v) is 2.10. The lowest BCUT2D eigenvalue weighted by atomic mass is 10.4. The predicted molar refractivity (Wildman–Crippen MR) is 66.1 cm³/mol. The van der Waals surface area contributed by atoms with Crippen LogP contribution in [0.25, 0.3) is 0 Å². The molecule has 0 amide bonds. The van der Waals surface area contributed by atoms with Gasteiger partial charge in [0, 0.05) is 19.8 Å². The highest BCUT2D eigenvalue weighted by molar-refractivity contribution is 5.68. The Morgan fingerprint density at radius 3 is 2.83 bits per heavy atom. The van der Waals surface area contributed by atoms with Gasteiger partial charge in [-0.05, 0) is 13.3 Å². The Kier molecular flexibility index (Phi) is 5.74. The summed E-state index contributed by atoms with van der Waals surface area (Å²) in [5.41, 5.74) is 1.90. The smallest absolute Gasteiger partial charge is 0.354 e. The summed E-state index contributed by atoms with van der Waals surface area (Å²) in [7, 11) is 0. The van der Waals surface area contributed by atoms with Gasteiger partial charge in [0.25, 0.3) is 0 Å². The number of nitrogens with two attached hydrogens (primary N) is 1. The van der Waals surface area contributed by atoms with Crippen molar-refractivity contribution in [3.05, 3.63) is 16.4 Å². The van der Waals surface area contributed by atoms with E-state index in [9.17, 15) is 10.1 Å². The van der Waals surface area contributed by atoms with Gasteiger partial charge in [-0.15, -0.1) is 0 Å². The van der Waals surface area contributed by atoms with E-state index in [0.717, 1.165) is 6.42 Å². The van der Waals surface area contributed by atoms with Gasteiger partial charge < -0.3 is 15.5 Å². The maximum Gasteiger partial charge on any atom is 0.354 e. The van der Waals surface area contributed by atoms with E-state index in [-0.39, 0.29) is 17.3 Å². The molecule has 4 N–H and O–H groups in total. The molecule has 18 heavy (non-hydrogen) atoms. The SMILES string of the molecule is CCOCCCNc1ncnc(NN)c1[N+](=O)[O-]. The number of aromatic nitrogens is 2. The van der Waals surface area contributed by atoms with Gasteiger partial charge in [0.05, 0.1) is 4.92 Å². The molecular formula is C9H16N6O3. The minimum Gasteiger partial charge on any atom is -0.382 e. The maximum atomic E-state index is 10.9. The molecule has 0 spiro atoms. The van der Waals surface area contributed by atoms with Gasteiger partial charge in [-0.1, -0.05) is 0 Å². The average molecular weight is 256 g/mol. The molecule has 1 heterocycles. The van der Waals surface area contributed by atoms with Gasteiger partial charge in [-0.3, -0.25) is 10.1 Å². The lowest BCUT2D eigenvalue weighted by Crippen LogP contribution is -2.14. The summed E-state index contributed by atoms with van der Waals surface area (Å²) in [4.78, 5) is 17.8. The number of nitrogens with one attached hydrogen (secondary N) is 2. The van der Waals surface area contributed by atoms with Gasteiger partial charge in [-0.2, -0.15) is 0 Å². The number of hydrazine groups is 1. The Labute approximate surface area is 104 Å². The van der Waals surface area contributed by atoms with Crippen LogP contribution in [-0.2, 0) is 4.74 Å². The van der Waals surface area contributed by atoms with Crippen LogP contribution in [0.1, 0.15) is 13.3 Å². The molecule has 100 valence electrons. The monoisotopic (exact) mass is 256 g/mol. The average Bonchev–Trinajstić information content (AvgIpc) is 2.37. The van der Waals surface area contributed by atoms with E-state index in [2.05, 4.69) is 20.7 Å². The second-order valence-electron chi connectivity index (χ2n) is 3.30. The Balaban J connectivity index is 2.67. The van der Waals surface area contributed by atoms with Crippen LogP contribution in [0.3, 0.4) is 0 Å². The van der Waals surface area contributed by atoms with Crippen molar-refractivity contribution in [1.82, 2.24) is 9.97 Å². The minimum atomic E-state index is -0.583. The van der Waals surface area contributed by atoms with Crippen molar-refractivity contribution in [2.75, 3.05) is 30.5 Å². The summed E-state index contributed by atoms with van der Waals surface area (Å²) in [5.74, 6) is 5.27.